The van der Waals surface area contributed by atoms with Crippen molar-refractivity contribution in [1.29, 1.82) is 0 Å². The van der Waals surface area contributed by atoms with E-state index in [2.05, 4.69) is 10.6 Å². The molecule has 0 rings (SSSR count). The standard InChI is InChI=1S/C11H24N2O3/c1-4-11(2,9-14)13-8-10(15)12-6-5-7-16-3/h13-14H,4-9H2,1-3H3,(H,12,15). The lowest BCUT2D eigenvalue weighted by Gasteiger charge is -2.26. The molecule has 0 saturated carbocycles. The number of carbonyl (C=O) groups is 1. The Labute approximate surface area is 97.6 Å². The molecular formula is C11H24N2O3. The third-order valence-electron chi connectivity index (χ3n) is 2.65. The van der Waals surface area contributed by atoms with Crippen molar-refractivity contribution in [3.05, 3.63) is 0 Å². The van der Waals surface area contributed by atoms with Crippen molar-refractivity contribution in [3.8, 4) is 0 Å². The van der Waals surface area contributed by atoms with Gasteiger partial charge in [-0.3, -0.25) is 4.79 Å². The minimum atomic E-state index is -0.371. The number of aliphatic hydroxyl groups excluding tert-OH is 1. The van der Waals surface area contributed by atoms with Gasteiger partial charge in [-0.05, 0) is 19.8 Å². The van der Waals surface area contributed by atoms with E-state index < -0.39 is 0 Å². The average Bonchev–Trinajstić information content (AvgIpc) is 2.31. The summed E-state index contributed by atoms with van der Waals surface area (Å²) in [7, 11) is 1.64. The highest BCUT2D eigenvalue weighted by Crippen LogP contribution is 2.06. The van der Waals surface area contributed by atoms with E-state index in [4.69, 9.17) is 9.84 Å². The summed E-state index contributed by atoms with van der Waals surface area (Å²) < 4.78 is 4.87. The van der Waals surface area contributed by atoms with Crippen molar-refractivity contribution in [2.24, 2.45) is 0 Å². The van der Waals surface area contributed by atoms with Gasteiger partial charge in [-0.1, -0.05) is 6.92 Å². The van der Waals surface area contributed by atoms with E-state index in [-0.39, 0.29) is 24.6 Å². The van der Waals surface area contributed by atoms with Crippen LogP contribution in [0.1, 0.15) is 26.7 Å². The second kappa shape index (κ2) is 8.50. The highest BCUT2D eigenvalue weighted by molar-refractivity contribution is 5.78. The van der Waals surface area contributed by atoms with Crippen LogP contribution in [0.3, 0.4) is 0 Å². The van der Waals surface area contributed by atoms with Gasteiger partial charge in [0.25, 0.3) is 0 Å². The molecule has 0 aliphatic carbocycles. The smallest absolute Gasteiger partial charge is 0.233 e. The number of ether oxygens (including phenoxy) is 1. The van der Waals surface area contributed by atoms with E-state index in [0.29, 0.717) is 13.2 Å². The molecule has 96 valence electrons. The van der Waals surface area contributed by atoms with Gasteiger partial charge in [-0.15, -0.1) is 0 Å². The number of rotatable bonds is 9. The van der Waals surface area contributed by atoms with Crippen molar-refractivity contribution < 1.29 is 14.6 Å². The molecule has 1 unspecified atom stereocenters. The van der Waals surface area contributed by atoms with Crippen LogP contribution in [0.15, 0.2) is 0 Å². The van der Waals surface area contributed by atoms with E-state index in [0.717, 1.165) is 12.8 Å². The molecule has 0 heterocycles. The predicted molar refractivity (Wildman–Crippen MR) is 63.3 cm³/mol. The molecule has 16 heavy (non-hydrogen) atoms. The molecule has 0 aromatic carbocycles. The molecule has 0 bridgehead atoms. The van der Waals surface area contributed by atoms with Crippen LogP contribution in [0.2, 0.25) is 0 Å². The van der Waals surface area contributed by atoms with E-state index in [1.807, 2.05) is 13.8 Å². The number of hydrogen-bond acceptors (Lipinski definition) is 4. The molecule has 0 aromatic rings. The molecule has 0 aliphatic heterocycles. The lowest BCUT2D eigenvalue weighted by molar-refractivity contribution is -0.120. The maximum Gasteiger partial charge on any atom is 0.233 e. The topological polar surface area (TPSA) is 70.6 Å². The number of methoxy groups -OCH3 is 1. The molecule has 5 heteroatoms. The van der Waals surface area contributed by atoms with Crippen LogP contribution in [0, 0.1) is 0 Å². The van der Waals surface area contributed by atoms with Gasteiger partial charge in [0.15, 0.2) is 0 Å². The third kappa shape index (κ3) is 6.76. The number of hydrogen-bond donors (Lipinski definition) is 3. The van der Waals surface area contributed by atoms with Crippen LogP contribution in [0.5, 0.6) is 0 Å². The Kier molecular flexibility index (Phi) is 8.15. The zero-order chi connectivity index (χ0) is 12.4. The summed E-state index contributed by atoms with van der Waals surface area (Å²) >= 11 is 0. The summed E-state index contributed by atoms with van der Waals surface area (Å²) in [4.78, 5) is 11.4. The zero-order valence-corrected chi connectivity index (χ0v) is 10.5. The van der Waals surface area contributed by atoms with Crippen LogP contribution in [-0.4, -0.2) is 50.0 Å². The molecule has 0 radical (unpaired) electrons. The Bertz CT molecular complexity index is 194. The fraction of sp³-hybridized carbons (Fsp3) is 0.909. The number of amides is 1. The van der Waals surface area contributed by atoms with Crippen molar-refractivity contribution in [2.45, 2.75) is 32.2 Å². The van der Waals surface area contributed by atoms with Gasteiger partial charge in [0.1, 0.15) is 0 Å². The summed E-state index contributed by atoms with van der Waals surface area (Å²) in [6, 6.07) is 0. The summed E-state index contributed by atoms with van der Waals surface area (Å²) in [5.41, 5.74) is -0.371. The zero-order valence-electron chi connectivity index (χ0n) is 10.5. The lowest BCUT2D eigenvalue weighted by Crippen LogP contribution is -2.49. The van der Waals surface area contributed by atoms with E-state index in [1.165, 1.54) is 0 Å². The summed E-state index contributed by atoms with van der Waals surface area (Å²) in [5, 5.41) is 15.0. The number of nitrogens with one attached hydrogen (secondary N) is 2. The Morgan fingerprint density at radius 2 is 2.19 bits per heavy atom. The number of carbonyl (C=O) groups excluding carboxylic acids is 1. The highest BCUT2D eigenvalue weighted by atomic mass is 16.5. The Balaban J connectivity index is 3.64. The van der Waals surface area contributed by atoms with Gasteiger partial charge in [-0.2, -0.15) is 0 Å². The van der Waals surface area contributed by atoms with Gasteiger partial charge in [0, 0.05) is 25.8 Å². The van der Waals surface area contributed by atoms with Crippen molar-refractivity contribution >= 4 is 5.91 Å². The Morgan fingerprint density at radius 3 is 2.69 bits per heavy atom. The summed E-state index contributed by atoms with van der Waals surface area (Å²) in [6.45, 7) is 5.40. The van der Waals surface area contributed by atoms with Gasteiger partial charge < -0.3 is 20.5 Å². The van der Waals surface area contributed by atoms with E-state index in [1.54, 1.807) is 7.11 Å². The minimum absolute atomic E-state index is 0.0282. The van der Waals surface area contributed by atoms with Gasteiger partial charge in [0.2, 0.25) is 5.91 Å². The molecule has 0 spiro atoms. The van der Waals surface area contributed by atoms with Crippen LogP contribution >= 0.6 is 0 Å². The van der Waals surface area contributed by atoms with Crippen molar-refractivity contribution in [1.82, 2.24) is 10.6 Å². The maximum absolute atomic E-state index is 11.4. The quantitative estimate of drug-likeness (QED) is 0.485. The van der Waals surface area contributed by atoms with Crippen LogP contribution in [0.25, 0.3) is 0 Å². The Morgan fingerprint density at radius 1 is 1.50 bits per heavy atom. The fourth-order valence-electron chi connectivity index (χ4n) is 1.09. The van der Waals surface area contributed by atoms with Crippen molar-refractivity contribution in [3.63, 3.8) is 0 Å². The first kappa shape index (κ1) is 15.3. The molecule has 0 aliphatic rings. The fourth-order valence-corrected chi connectivity index (χ4v) is 1.09. The summed E-state index contributed by atoms with van der Waals surface area (Å²) in [6.07, 6.45) is 1.59. The van der Waals surface area contributed by atoms with E-state index >= 15 is 0 Å². The maximum atomic E-state index is 11.4. The molecule has 3 N–H and O–H groups in total. The van der Waals surface area contributed by atoms with Gasteiger partial charge in [-0.25, -0.2) is 0 Å². The second-order valence-corrected chi connectivity index (χ2v) is 4.12. The first-order chi connectivity index (χ1) is 7.58. The van der Waals surface area contributed by atoms with Crippen molar-refractivity contribution in [2.75, 3.05) is 33.4 Å². The van der Waals surface area contributed by atoms with Crippen LogP contribution in [0.4, 0.5) is 0 Å². The molecule has 0 aromatic heterocycles. The average molecular weight is 232 g/mol. The summed E-state index contributed by atoms with van der Waals surface area (Å²) in [5.74, 6) is -0.0516. The number of aliphatic hydroxyl groups is 1. The highest BCUT2D eigenvalue weighted by Gasteiger charge is 2.20. The van der Waals surface area contributed by atoms with Gasteiger partial charge >= 0.3 is 0 Å². The van der Waals surface area contributed by atoms with Crippen LogP contribution in [-0.2, 0) is 9.53 Å². The monoisotopic (exact) mass is 232 g/mol. The third-order valence-corrected chi connectivity index (χ3v) is 2.65. The molecule has 5 nitrogen and oxygen atoms in total. The normalized spacial score (nSPS) is 14.5. The largest absolute Gasteiger partial charge is 0.394 e. The first-order valence-electron chi connectivity index (χ1n) is 5.69. The molecule has 1 atom stereocenters. The minimum Gasteiger partial charge on any atom is -0.394 e. The van der Waals surface area contributed by atoms with Crippen LogP contribution < -0.4 is 10.6 Å². The molecule has 0 fully saturated rings. The molecule has 1 amide bonds. The lowest BCUT2D eigenvalue weighted by atomic mass is 10.0. The predicted octanol–water partition coefficient (Wildman–Crippen LogP) is -0.110. The van der Waals surface area contributed by atoms with Gasteiger partial charge in [0.05, 0.1) is 13.2 Å². The molecular weight excluding hydrogens is 208 g/mol. The first-order valence-corrected chi connectivity index (χ1v) is 5.69. The van der Waals surface area contributed by atoms with E-state index in [9.17, 15) is 4.79 Å². The second-order valence-electron chi connectivity index (χ2n) is 4.12. The SMILES string of the molecule is CCC(C)(CO)NCC(=O)NCCCOC. The molecule has 0 saturated heterocycles. The Hall–Kier alpha value is -0.650.